The third-order valence-corrected chi connectivity index (χ3v) is 3.63. The lowest BCUT2D eigenvalue weighted by Crippen LogP contribution is -2.18. The third kappa shape index (κ3) is 2.93. The number of halogens is 1. The van der Waals surface area contributed by atoms with Gasteiger partial charge in [0, 0.05) is 12.8 Å². The van der Waals surface area contributed by atoms with Gasteiger partial charge in [0.05, 0.1) is 19.8 Å². The van der Waals surface area contributed by atoms with Crippen molar-refractivity contribution in [1.29, 1.82) is 0 Å². The van der Waals surface area contributed by atoms with E-state index in [1.807, 2.05) is 0 Å². The van der Waals surface area contributed by atoms with Gasteiger partial charge in [0.2, 0.25) is 5.24 Å². The summed E-state index contributed by atoms with van der Waals surface area (Å²) in [5.74, 6) is -0.542. The minimum atomic E-state index is -0.652. The fraction of sp³-hybridized carbons (Fsp3) is 0.400. The molecule has 0 atom stereocenters. The maximum Gasteiger partial charge on any atom is 0.341 e. The lowest BCUT2D eigenvalue weighted by Gasteiger charge is -2.22. The van der Waals surface area contributed by atoms with E-state index in [0.29, 0.717) is 24.0 Å². The Labute approximate surface area is 127 Å². The topological polar surface area (TPSA) is 69.7 Å². The number of fused-ring (bicyclic) bond motifs is 1. The molecule has 0 aliphatic heterocycles. The molecule has 0 bridgehead atoms. The highest BCUT2D eigenvalue weighted by Gasteiger charge is 2.30. The van der Waals surface area contributed by atoms with E-state index in [-0.39, 0.29) is 23.5 Å². The molecule has 1 aliphatic carbocycles. The van der Waals surface area contributed by atoms with E-state index in [2.05, 4.69) is 0 Å². The van der Waals surface area contributed by atoms with E-state index in [0.717, 1.165) is 12.0 Å². The van der Waals surface area contributed by atoms with Gasteiger partial charge in [-0.05, 0) is 35.6 Å². The lowest BCUT2D eigenvalue weighted by molar-refractivity contribution is -0.111. The Balaban J connectivity index is 2.74. The van der Waals surface area contributed by atoms with Crippen molar-refractivity contribution >= 4 is 28.6 Å². The summed E-state index contributed by atoms with van der Waals surface area (Å²) in [6, 6.07) is 1.68. The Kier molecular flexibility index (Phi) is 4.63. The summed E-state index contributed by atoms with van der Waals surface area (Å²) < 4.78 is 10.0. The van der Waals surface area contributed by atoms with Crippen molar-refractivity contribution in [1.82, 2.24) is 0 Å². The van der Waals surface area contributed by atoms with Crippen molar-refractivity contribution in [3.8, 4) is 5.75 Å². The average Bonchev–Trinajstić information content (AvgIpc) is 2.44. The normalized spacial score (nSPS) is 13.6. The molecule has 1 aliphatic rings. The fourth-order valence-electron chi connectivity index (χ4n) is 2.66. The second kappa shape index (κ2) is 6.26. The number of ether oxygens (including phenoxy) is 2. The molecule has 0 saturated heterocycles. The van der Waals surface area contributed by atoms with Crippen molar-refractivity contribution in [2.45, 2.75) is 25.7 Å². The highest BCUT2D eigenvalue weighted by atomic mass is 35.5. The number of Topliss-reactive ketones (excluding diaryl/α,β-unsaturated/α-hetero) is 1. The van der Waals surface area contributed by atoms with Crippen molar-refractivity contribution in [3.63, 3.8) is 0 Å². The van der Waals surface area contributed by atoms with Crippen LogP contribution in [0.3, 0.4) is 0 Å². The molecule has 0 radical (unpaired) electrons. The molecule has 0 aromatic heterocycles. The molecule has 1 aromatic rings. The number of hydrogen-bond acceptors (Lipinski definition) is 5. The zero-order valence-electron chi connectivity index (χ0n) is 11.8. The zero-order valence-corrected chi connectivity index (χ0v) is 12.6. The first-order valence-electron chi connectivity index (χ1n) is 6.52. The average molecular weight is 311 g/mol. The molecular formula is C15H15ClO5. The predicted octanol–water partition coefficient (Wildman–Crippen LogP) is 2.31. The minimum absolute atomic E-state index is 0.0676. The van der Waals surface area contributed by atoms with E-state index in [4.69, 9.17) is 21.1 Å². The van der Waals surface area contributed by atoms with Crippen LogP contribution in [0.15, 0.2) is 6.07 Å². The minimum Gasteiger partial charge on any atom is -0.495 e. The van der Waals surface area contributed by atoms with Crippen LogP contribution in [0.2, 0.25) is 0 Å². The molecule has 6 heteroatoms. The van der Waals surface area contributed by atoms with Crippen LogP contribution in [0.5, 0.6) is 5.75 Å². The molecule has 0 fully saturated rings. The molecule has 0 N–H and O–H groups in total. The standard InChI is InChI=1S/C15H15ClO5/c1-20-14-12-8(4-3-5-10(12)17)6-9(7-11(16)18)13(14)15(19)21-2/h6H,3-5,7H2,1-2H3. The number of rotatable bonds is 4. The van der Waals surface area contributed by atoms with E-state index in [1.54, 1.807) is 6.07 Å². The van der Waals surface area contributed by atoms with E-state index in [9.17, 15) is 14.4 Å². The van der Waals surface area contributed by atoms with Gasteiger partial charge in [-0.1, -0.05) is 6.07 Å². The summed E-state index contributed by atoms with van der Waals surface area (Å²) >= 11 is 5.44. The molecule has 0 spiro atoms. The maximum absolute atomic E-state index is 12.1. The van der Waals surface area contributed by atoms with Gasteiger partial charge in [0.1, 0.15) is 11.3 Å². The van der Waals surface area contributed by atoms with Crippen molar-refractivity contribution in [2.24, 2.45) is 0 Å². The molecule has 0 unspecified atom stereocenters. The SMILES string of the molecule is COC(=O)c1c(CC(=O)Cl)cc2c(c1OC)C(=O)CCC2. The zero-order chi connectivity index (χ0) is 15.6. The van der Waals surface area contributed by atoms with Gasteiger partial charge < -0.3 is 9.47 Å². The number of methoxy groups -OCH3 is 2. The lowest BCUT2D eigenvalue weighted by atomic mass is 9.85. The number of carbonyl (C=O) groups excluding carboxylic acids is 3. The van der Waals surface area contributed by atoms with Gasteiger partial charge in [-0.3, -0.25) is 9.59 Å². The van der Waals surface area contributed by atoms with Crippen LogP contribution in [0.4, 0.5) is 0 Å². The second-order valence-electron chi connectivity index (χ2n) is 4.78. The number of hydrogen-bond donors (Lipinski definition) is 0. The van der Waals surface area contributed by atoms with Crippen molar-refractivity contribution in [2.75, 3.05) is 14.2 Å². The summed E-state index contributed by atoms with van der Waals surface area (Å²) in [5.41, 5.74) is 1.72. The fourth-order valence-corrected chi connectivity index (χ4v) is 2.80. The summed E-state index contributed by atoms with van der Waals surface area (Å²) in [5, 5.41) is -0.593. The van der Waals surface area contributed by atoms with Crippen LogP contribution < -0.4 is 4.74 Å². The molecule has 5 nitrogen and oxygen atoms in total. The number of aryl methyl sites for hydroxylation is 1. The largest absolute Gasteiger partial charge is 0.495 e. The Bertz CT molecular complexity index is 621. The van der Waals surface area contributed by atoms with Gasteiger partial charge in [-0.2, -0.15) is 0 Å². The first-order chi connectivity index (χ1) is 9.99. The molecule has 1 aromatic carbocycles. The molecule has 21 heavy (non-hydrogen) atoms. The van der Waals surface area contributed by atoms with Gasteiger partial charge in [0.25, 0.3) is 0 Å². The van der Waals surface area contributed by atoms with E-state index in [1.165, 1.54) is 14.2 Å². The number of esters is 1. The first-order valence-corrected chi connectivity index (χ1v) is 6.90. The molecule has 0 heterocycles. The molecule has 2 rings (SSSR count). The first kappa shape index (κ1) is 15.5. The third-order valence-electron chi connectivity index (χ3n) is 3.50. The maximum atomic E-state index is 12.1. The number of carbonyl (C=O) groups is 3. The predicted molar refractivity (Wildman–Crippen MR) is 76.2 cm³/mol. The highest BCUT2D eigenvalue weighted by Crippen LogP contribution is 2.36. The molecular weight excluding hydrogens is 296 g/mol. The smallest absolute Gasteiger partial charge is 0.341 e. The Hall–Kier alpha value is -1.88. The highest BCUT2D eigenvalue weighted by molar-refractivity contribution is 6.63. The Morgan fingerprint density at radius 3 is 2.57 bits per heavy atom. The quantitative estimate of drug-likeness (QED) is 0.630. The molecule has 0 amide bonds. The van der Waals surface area contributed by atoms with Gasteiger partial charge in [-0.15, -0.1) is 0 Å². The van der Waals surface area contributed by atoms with Crippen LogP contribution in [0.1, 0.15) is 44.7 Å². The van der Waals surface area contributed by atoms with Crippen LogP contribution >= 0.6 is 11.6 Å². The summed E-state index contributed by atoms with van der Waals surface area (Å²) in [7, 11) is 2.62. The van der Waals surface area contributed by atoms with Gasteiger partial charge in [-0.25, -0.2) is 4.79 Å². The van der Waals surface area contributed by atoms with Crippen molar-refractivity contribution < 1.29 is 23.9 Å². The summed E-state index contributed by atoms with van der Waals surface area (Å²) in [4.78, 5) is 35.4. The molecule has 112 valence electrons. The molecule has 0 saturated carbocycles. The number of benzene rings is 1. The van der Waals surface area contributed by atoms with Crippen LogP contribution in [0.25, 0.3) is 0 Å². The van der Waals surface area contributed by atoms with Crippen molar-refractivity contribution in [3.05, 3.63) is 28.3 Å². The second-order valence-corrected chi connectivity index (χ2v) is 5.20. The van der Waals surface area contributed by atoms with Crippen LogP contribution in [0, 0.1) is 0 Å². The Morgan fingerprint density at radius 1 is 1.29 bits per heavy atom. The van der Waals surface area contributed by atoms with Crippen LogP contribution in [-0.2, 0) is 22.4 Å². The van der Waals surface area contributed by atoms with Crippen LogP contribution in [-0.4, -0.2) is 31.2 Å². The number of ketones is 1. The summed E-state index contributed by atoms with van der Waals surface area (Å²) in [6.45, 7) is 0. The monoisotopic (exact) mass is 310 g/mol. The van der Waals surface area contributed by atoms with Gasteiger partial charge >= 0.3 is 5.97 Å². The Morgan fingerprint density at radius 2 is 2.00 bits per heavy atom. The summed E-state index contributed by atoms with van der Waals surface area (Å²) in [6.07, 6.45) is 1.73. The van der Waals surface area contributed by atoms with E-state index < -0.39 is 11.2 Å². The van der Waals surface area contributed by atoms with E-state index >= 15 is 0 Å². The van der Waals surface area contributed by atoms with Gasteiger partial charge in [0.15, 0.2) is 5.78 Å².